The van der Waals surface area contributed by atoms with Crippen molar-refractivity contribution in [3.05, 3.63) is 35.2 Å². The number of hydrogen-bond acceptors (Lipinski definition) is 4. The Hall–Kier alpha value is -0.940. The van der Waals surface area contributed by atoms with Gasteiger partial charge in [-0.1, -0.05) is 25.1 Å². The SMILES string of the molecule is CCCN1CCC(NCC(O)c2cc3ccccc3s2)CC1. The van der Waals surface area contributed by atoms with E-state index >= 15 is 0 Å². The Kier molecular flexibility index (Phi) is 5.47. The summed E-state index contributed by atoms with van der Waals surface area (Å²) in [6, 6.07) is 11.0. The highest BCUT2D eigenvalue weighted by Gasteiger charge is 2.19. The Morgan fingerprint density at radius 3 is 2.82 bits per heavy atom. The lowest BCUT2D eigenvalue weighted by Crippen LogP contribution is -2.43. The van der Waals surface area contributed by atoms with Crippen molar-refractivity contribution >= 4 is 21.4 Å². The van der Waals surface area contributed by atoms with E-state index in [2.05, 4.69) is 41.4 Å². The summed E-state index contributed by atoms with van der Waals surface area (Å²) in [5.41, 5.74) is 0. The molecule has 4 heteroatoms. The van der Waals surface area contributed by atoms with Crippen LogP contribution in [0.3, 0.4) is 0 Å². The summed E-state index contributed by atoms with van der Waals surface area (Å²) in [6.45, 7) is 6.49. The maximum atomic E-state index is 10.4. The summed E-state index contributed by atoms with van der Waals surface area (Å²) >= 11 is 1.70. The Labute approximate surface area is 137 Å². The second kappa shape index (κ2) is 7.55. The molecule has 3 rings (SSSR count). The van der Waals surface area contributed by atoms with Crippen LogP contribution in [-0.2, 0) is 0 Å². The van der Waals surface area contributed by atoms with E-state index in [0.29, 0.717) is 12.6 Å². The van der Waals surface area contributed by atoms with Crippen molar-refractivity contribution in [1.29, 1.82) is 0 Å². The first kappa shape index (κ1) is 15.9. The second-order valence-corrected chi connectivity index (χ2v) is 7.34. The summed E-state index contributed by atoms with van der Waals surface area (Å²) in [6.07, 6.45) is 3.23. The van der Waals surface area contributed by atoms with Crippen LogP contribution in [0.25, 0.3) is 10.1 Å². The lowest BCUT2D eigenvalue weighted by molar-refractivity contribution is 0.154. The fourth-order valence-corrected chi connectivity index (χ4v) is 4.27. The maximum absolute atomic E-state index is 10.4. The van der Waals surface area contributed by atoms with Crippen LogP contribution >= 0.6 is 11.3 Å². The number of aliphatic hydroxyl groups excluding tert-OH is 1. The molecule has 1 aromatic carbocycles. The van der Waals surface area contributed by atoms with Crippen LogP contribution in [0.1, 0.15) is 37.2 Å². The summed E-state index contributed by atoms with van der Waals surface area (Å²) in [5, 5.41) is 15.2. The number of nitrogens with zero attached hydrogens (tertiary/aromatic N) is 1. The smallest absolute Gasteiger partial charge is 0.101 e. The van der Waals surface area contributed by atoms with Gasteiger partial charge in [-0.2, -0.15) is 0 Å². The Morgan fingerprint density at radius 1 is 1.32 bits per heavy atom. The first-order chi connectivity index (χ1) is 10.8. The topological polar surface area (TPSA) is 35.5 Å². The number of nitrogens with one attached hydrogen (secondary N) is 1. The highest BCUT2D eigenvalue weighted by atomic mass is 32.1. The molecule has 0 spiro atoms. The molecule has 2 N–H and O–H groups in total. The number of thiophene rings is 1. The van der Waals surface area contributed by atoms with Gasteiger partial charge in [-0.3, -0.25) is 0 Å². The lowest BCUT2D eigenvalue weighted by Gasteiger charge is -2.32. The largest absolute Gasteiger partial charge is 0.386 e. The molecule has 120 valence electrons. The number of benzene rings is 1. The van der Waals surface area contributed by atoms with Crippen LogP contribution in [0.5, 0.6) is 0 Å². The van der Waals surface area contributed by atoms with E-state index in [1.807, 2.05) is 6.07 Å². The normalized spacial score (nSPS) is 18.8. The van der Waals surface area contributed by atoms with Gasteiger partial charge in [0.25, 0.3) is 0 Å². The zero-order valence-electron chi connectivity index (χ0n) is 13.3. The van der Waals surface area contributed by atoms with Gasteiger partial charge in [0.15, 0.2) is 0 Å². The van der Waals surface area contributed by atoms with Crippen molar-refractivity contribution in [3.8, 4) is 0 Å². The summed E-state index contributed by atoms with van der Waals surface area (Å²) in [7, 11) is 0. The minimum absolute atomic E-state index is 0.397. The third kappa shape index (κ3) is 3.87. The summed E-state index contributed by atoms with van der Waals surface area (Å²) in [5.74, 6) is 0. The molecule has 22 heavy (non-hydrogen) atoms. The number of piperidine rings is 1. The van der Waals surface area contributed by atoms with Crippen molar-refractivity contribution in [3.63, 3.8) is 0 Å². The molecule has 1 saturated heterocycles. The first-order valence-corrected chi connectivity index (χ1v) is 9.20. The molecule has 1 aliphatic rings. The van der Waals surface area contributed by atoms with Crippen molar-refractivity contribution in [2.75, 3.05) is 26.2 Å². The minimum Gasteiger partial charge on any atom is -0.386 e. The fourth-order valence-electron chi connectivity index (χ4n) is 3.22. The lowest BCUT2D eigenvalue weighted by atomic mass is 10.0. The number of fused-ring (bicyclic) bond motifs is 1. The zero-order chi connectivity index (χ0) is 15.4. The molecular weight excluding hydrogens is 292 g/mol. The standard InChI is InChI=1S/C18H26N2OS/c1-2-9-20-10-7-15(8-11-20)19-13-16(21)18-12-14-5-3-4-6-17(14)22-18/h3-6,12,15-16,19,21H,2,7-11,13H2,1H3. The number of aliphatic hydroxyl groups is 1. The first-order valence-electron chi connectivity index (χ1n) is 8.38. The van der Waals surface area contributed by atoms with Gasteiger partial charge in [0.2, 0.25) is 0 Å². The van der Waals surface area contributed by atoms with Gasteiger partial charge in [-0.25, -0.2) is 0 Å². The minimum atomic E-state index is -0.397. The molecule has 0 saturated carbocycles. The van der Waals surface area contributed by atoms with Crippen molar-refractivity contribution < 1.29 is 5.11 Å². The van der Waals surface area contributed by atoms with E-state index in [9.17, 15) is 5.11 Å². The number of rotatable bonds is 6. The van der Waals surface area contributed by atoms with E-state index in [1.165, 1.54) is 49.0 Å². The van der Waals surface area contributed by atoms with Crippen LogP contribution in [0.4, 0.5) is 0 Å². The van der Waals surface area contributed by atoms with E-state index < -0.39 is 6.10 Å². The molecule has 1 unspecified atom stereocenters. The second-order valence-electron chi connectivity index (χ2n) is 6.23. The van der Waals surface area contributed by atoms with Crippen molar-refractivity contribution in [2.24, 2.45) is 0 Å². The highest BCUT2D eigenvalue weighted by molar-refractivity contribution is 7.19. The van der Waals surface area contributed by atoms with Crippen LogP contribution in [-0.4, -0.2) is 42.2 Å². The Morgan fingerprint density at radius 2 is 2.09 bits per heavy atom. The highest BCUT2D eigenvalue weighted by Crippen LogP contribution is 2.29. The molecule has 1 aromatic heterocycles. The predicted molar refractivity (Wildman–Crippen MR) is 94.5 cm³/mol. The van der Waals surface area contributed by atoms with Gasteiger partial charge in [-0.15, -0.1) is 11.3 Å². The zero-order valence-corrected chi connectivity index (χ0v) is 14.1. The molecule has 0 radical (unpaired) electrons. The average Bonchev–Trinajstić information content (AvgIpc) is 2.98. The van der Waals surface area contributed by atoms with Crippen LogP contribution < -0.4 is 5.32 Å². The number of likely N-dealkylation sites (tertiary alicyclic amines) is 1. The van der Waals surface area contributed by atoms with Gasteiger partial charge in [0.1, 0.15) is 6.10 Å². The Balaban J connectivity index is 1.49. The molecule has 1 fully saturated rings. The molecule has 0 bridgehead atoms. The van der Waals surface area contributed by atoms with Crippen molar-refractivity contribution in [1.82, 2.24) is 10.2 Å². The molecule has 0 amide bonds. The van der Waals surface area contributed by atoms with Gasteiger partial charge >= 0.3 is 0 Å². The molecule has 0 aliphatic carbocycles. The molecule has 1 atom stereocenters. The number of hydrogen-bond donors (Lipinski definition) is 2. The van der Waals surface area contributed by atoms with Crippen LogP contribution in [0.2, 0.25) is 0 Å². The van der Waals surface area contributed by atoms with Gasteiger partial charge in [-0.05, 0) is 56.4 Å². The summed E-state index contributed by atoms with van der Waals surface area (Å²) in [4.78, 5) is 3.61. The van der Waals surface area contributed by atoms with E-state index in [4.69, 9.17) is 0 Å². The van der Waals surface area contributed by atoms with Gasteiger partial charge < -0.3 is 15.3 Å². The third-order valence-electron chi connectivity index (χ3n) is 4.50. The molecule has 1 aliphatic heterocycles. The third-order valence-corrected chi connectivity index (χ3v) is 5.72. The molecule has 2 heterocycles. The molecule has 2 aromatic rings. The van der Waals surface area contributed by atoms with Crippen molar-refractivity contribution in [2.45, 2.75) is 38.3 Å². The van der Waals surface area contributed by atoms with Gasteiger partial charge in [0.05, 0.1) is 0 Å². The fraction of sp³-hybridized carbons (Fsp3) is 0.556. The quantitative estimate of drug-likeness (QED) is 0.857. The van der Waals surface area contributed by atoms with Crippen LogP contribution in [0, 0.1) is 0 Å². The van der Waals surface area contributed by atoms with E-state index in [0.717, 1.165) is 4.88 Å². The summed E-state index contributed by atoms with van der Waals surface area (Å²) < 4.78 is 1.25. The molecule has 3 nitrogen and oxygen atoms in total. The van der Waals surface area contributed by atoms with Gasteiger partial charge in [0, 0.05) is 22.2 Å². The van der Waals surface area contributed by atoms with Crippen LogP contribution in [0.15, 0.2) is 30.3 Å². The Bertz CT molecular complexity index is 557. The average molecular weight is 318 g/mol. The molecular formula is C18H26N2OS. The predicted octanol–water partition coefficient (Wildman–Crippen LogP) is 3.40. The monoisotopic (exact) mass is 318 g/mol. The van der Waals surface area contributed by atoms with E-state index in [-0.39, 0.29) is 0 Å². The maximum Gasteiger partial charge on any atom is 0.101 e. The van der Waals surface area contributed by atoms with E-state index in [1.54, 1.807) is 11.3 Å².